The summed E-state index contributed by atoms with van der Waals surface area (Å²) in [5.41, 5.74) is 5.68. The van der Waals surface area contributed by atoms with Crippen molar-refractivity contribution in [2.75, 3.05) is 30.9 Å². The maximum absolute atomic E-state index is 11.4. The Hall–Kier alpha value is -2.50. The zero-order chi connectivity index (χ0) is 28.9. The van der Waals surface area contributed by atoms with E-state index >= 15 is 0 Å². The van der Waals surface area contributed by atoms with Crippen LogP contribution in [0.2, 0.25) is 5.02 Å². The molecule has 1 aromatic heterocycles. The van der Waals surface area contributed by atoms with E-state index in [1.165, 1.54) is 16.2 Å². The molecule has 41 heavy (non-hydrogen) atoms. The maximum Gasteiger partial charge on any atom is 0.266 e. The second-order valence-electron chi connectivity index (χ2n) is 10.8. The van der Waals surface area contributed by atoms with E-state index in [1.54, 1.807) is 30.2 Å². The fourth-order valence-corrected chi connectivity index (χ4v) is 8.97. The Bertz CT molecular complexity index is 1740. The Balaban J connectivity index is 1.35. The van der Waals surface area contributed by atoms with E-state index < -0.39 is 10.1 Å². The molecule has 0 spiro atoms. The lowest BCUT2D eigenvalue weighted by Gasteiger charge is -2.23. The fourth-order valence-electron chi connectivity index (χ4n) is 5.81. The SMILES string of the molecule is COc1cc2c(cc1C)N(CCCS(=O)(=O)O)/C(=C/C1=CC(=C/c3sc4cc(Cl)cc5c4[n+]3CCO5)/CC(C)C1)S2. The molecule has 216 valence electrons. The van der Waals surface area contributed by atoms with Crippen molar-refractivity contribution in [1.29, 1.82) is 0 Å². The third-order valence-electron chi connectivity index (χ3n) is 7.52. The molecule has 1 aliphatic carbocycles. The highest BCUT2D eigenvalue weighted by molar-refractivity contribution is 8.03. The first kappa shape index (κ1) is 28.6. The van der Waals surface area contributed by atoms with Crippen LogP contribution in [0.3, 0.4) is 0 Å². The van der Waals surface area contributed by atoms with E-state index in [0.29, 0.717) is 30.5 Å². The van der Waals surface area contributed by atoms with Gasteiger partial charge in [-0.25, -0.2) is 0 Å². The van der Waals surface area contributed by atoms with E-state index in [-0.39, 0.29) is 5.75 Å². The molecule has 7 nitrogen and oxygen atoms in total. The number of anilines is 1. The summed E-state index contributed by atoms with van der Waals surface area (Å²) in [4.78, 5) is 3.24. The number of aromatic nitrogens is 1. The summed E-state index contributed by atoms with van der Waals surface area (Å²) >= 11 is 9.76. The van der Waals surface area contributed by atoms with Gasteiger partial charge in [0.15, 0.2) is 12.3 Å². The van der Waals surface area contributed by atoms with Gasteiger partial charge in [-0.2, -0.15) is 13.0 Å². The highest BCUT2D eigenvalue weighted by atomic mass is 35.5. The number of thioether (sulfide) groups is 1. The number of benzene rings is 2. The number of ether oxygens (including phenoxy) is 2. The molecule has 0 radical (unpaired) electrons. The van der Waals surface area contributed by atoms with Crippen LogP contribution >= 0.6 is 34.7 Å². The van der Waals surface area contributed by atoms with Gasteiger partial charge in [-0.15, -0.1) is 0 Å². The van der Waals surface area contributed by atoms with Crippen molar-refractivity contribution < 1.29 is 27.0 Å². The second-order valence-corrected chi connectivity index (χ2v) is 14.9. The Morgan fingerprint density at radius 1 is 1.24 bits per heavy atom. The molecule has 11 heteroatoms. The van der Waals surface area contributed by atoms with Crippen LogP contribution in [-0.2, 0) is 16.7 Å². The number of allylic oxidation sites excluding steroid dienone is 4. The normalized spacial score (nSPS) is 20.5. The number of nitrogens with zero attached hydrogens (tertiary/aromatic N) is 2. The van der Waals surface area contributed by atoms with Gasteiger partial charge in [0.05, 0.1) is 23.6 Å². The van der Waals surface area contributed by atoms with Crippen LogP contribution in [0.25, 0.3) is 16.3 Å². The molecule has 2 aromatic carbocycles. The molecule has 1 atom stereocenters. The Morgan fingerprint density at radius 3 is 2.85 bits per heavy atom. The molecular formula is C30H32ClN2O5S3+. The number of fused-ring (bicyclic) bond motifs is 1. The first-order chi connectivity index (χ1) is 19.6. The van der Waals surface area contributed by atoms with E-state index in [9.17, 15) is 13.0 Å². The summed E-state index contributed by atoms with van der Waals surface area (Å²) in [6.07, 6.45) is 9.10. The Morgan fingerprint density at radius 2 is 2.07 bits per heavy atom. The minimum absolute atomic E-state index is 0.272. The van der Waals surface area contributed by atoms with Gasteiger partial charge in [-0.1, -0.05) is 47.7 Å². The summed E-state index contributed by atoms with van der Waals surface area (Å²) in [5.74, 6) is 1.87. The molecule has 1 unspecified atom stereocenters. The number of thiazole rings is 1. The summed E-state index contributed by atoms with van der Waals surface area (Å²) in [6, 6.07) is 8.04. The quantitative estimate of drug-likeness (QED) is 0.222. The van der Waals surface area contributed by atoms with E-state index in [2.05, 4.69) is 40.7 Å². The number of hydrogen-bond acceptors (Lipinski definition) is 7. The number of aryl methyl sites for hydroxylation is 1. The lowest BCUT2D eigenvalue weighted by molar-refractivity contribution is -0.673. The van der Waals surface area contributed by atoms with Crippen LogP contribution < -0.4 is 18.9 Å². The number of rotatable bonds is 7. The first-order valence-electron chi connectivity index (χ1n) is 13.6. The van der Waals surface area contributed by atoms with Crippen molar-refractivity contribution in [1.82, 2.24) is 0 Å². The maximum atomic E-state index is 11.4. The number of methoxy groups -OCH3 is 1. The zero-order valence-electron chi connectivity index (χ0n) is 23.1. The molecule has 3 heterocycles. The summed E-state index contributed by atoms with van der Waals surface area (Å²) in [5, 5.41) is 2.92. The molecule has 6 rings (SSSR count). The molecule has 0 saturated heterocycles. The monoisotopic (exact) mass is 631 g/mol. The van der Waals surface area contributed by atoms with Crippen LogP contribution in [-0.4, -0.2) is 39.0 Å². The molecule has 2 aliphatic heterocycles. The van der Waals surface area contributed by atoms with Crippen molar-refractivity contribution in [2.45, 2.75) is 44.6 Å². The topological polar surface area (TPSA) is 80.0 Å². The van der Waals surface area contributed by atoms with Crippen molar-refractivity contribution in [3.05, 3.63) is 68.2 Å². The van der Waals surface area contributed by atoms with Gasteiger partial charge in [0.1, 0.15) is 17.1 Å². The average molecular weight is 632 g/mol. The van der Waals surface area contributed by atoms with Crippen molar-refractivity contribution in [2.24, 2.45) is 5.92 Å². The largest absolute Gasteiger partial charge is 0.496 e. The minimum atomic E-state index is -4.03. The van der Waals surface area contributed by atoms with Crippen LogP contribution in [0.4, 0.5) is 5.69 Å². The lowest BCUT2D eigenvalue weighted by Crippen LogP contribution is -2.41. The van der Waals surface area contributed by atoms with E-state index in [0.717, 1.165) is 62.3 Å². The van der Waals surface area contributed by atoms with Gasteiger partial charge in [0.25, 0.3) is 20.6 Å². The van der Waals surface area contributed by atoms with Gasteiger partial charge in [-0.05, 0) is 73.1 Å². The molecule has 0 saturated carbocycles. The average Bonchev–Trinajstić information content (AvgIpc) is 3.40. The molecule has 0 fully saturated rings. The highest BCUT2D eigenvalue weighted by Gasteiger charge is 2.30. The summed E-state index contributed by atoms with van der Waals surface area (Å²) in [6.45, 7) is 6.20. The van der Waals surface area contributed by atoms with Gasteiger partial charge in [0.2, 0.25) is 0 Å². The predicted octanol–water partition coefficient (Wildman–Crippen LogP) is 7.02. The van der Waals surface area contributed by atoms with Crippen molar-refractivity contribution in [3.8, 4) is 11.5 Å². The van der Waals surface area contributed by atoms with Crippen LogP contribution in [0.15, 0.2) is 57.5 Å². The van der Waals surface area contributed by atoms with Gasteiger partial charge in [-0.3, -0.25) is 4.55 Å². The van der Waals surface area contributed by atoms with Crippen molar-refractivity contribution >= 4 is 66.8 Å². The fraction of sp³-hybridized carbons (Fsp3) is 0.367. The highest BCUT2D eigenvalue weighted by Crippen LogP contribution is 2.49. The second kappa shape index (κ2) is 11.3. The third-order valence-corrected chi connectivity index (χ3v) is 10.7. The molecule has 3 aromatic rings. The smallest absolute Gasteiger partial charge is 0.266 e. The minimum Gasteiger partial charge on any atom is -0.496 e. The molecule has 0 bridgehead atoms. The lowest BCUT2D eigenvalue weighted by atomic mass is 9.87. The molecular weight excluding hydrogens is 600 g/mol. The molecule has 0 amide bonds. The predicted molar refractivity (Wildman–Crippen MR) is 167 cm³/mol. The van der Waals surface area contributed by atoms with E-state index in [1.807, 2.05) is 25.1 Å². The van der Waals surface area contributed by atoms with Crippen LogP contribution in [0.1, 0.15) is 36.8 Å². The van der Waals surface area contributed by atoms with Crippen molar-refractivity contribution in [3.63, 3.8) is 0 Å². The summed E-state index contributed by atoms with van der Waals surface area (Å²) in [7, 11) is -2.36. The van der Waals surface area contributed by atoms with Gasteiger partial charge >= 0.3 is 0 Å². The Kier molecular flexibility index (Phi) is 7.88. The van der Waals surface area contributed by atoms with Gasteiger partial charge in [0, 0.05) is 28.6 Å². The Labute approximate surface area is 253 Å². The molecule has 3 aliphatic rings. The number of halogens is 1. The zero-order valence-corrected chi connectivity index (χ0v) is 26.4. The first-order valence-corrected chi connectivity index (χ1v) is 17.2. The third kappa shape index (κ3) is 6.03. The number of hydrogen-bond donors (Lipinski definition) is 1. The molecule has 1 N–H and O–H groups in total. The van der Waals surface area contributed by atoms with Crippen LogP contribution in [0, 0.1) is 12.8 Å². The van der Waals surface area contributed by atoms with Gasteiger partial charge < -0.3 is 14.4 Å². The summed E-state index contributed by atoms with van der Waals surface area (Å²) < 4.78 is 47.1. The van der Waals surface area contributed by atoms with E-state index in [4.69, 9.17) is 21.1 Å². The standard InChI is InChI=1S/C30H31ClN2O5S3/c1-18-9-20(12-21(10-18)14-29-33-6-7-38-25-15-22(31)16-27(40-29)30(25)33)13-28-32(5-4-8-41(34,35)36)23-11-19(2)24(37-3)17-26(23)39-28/h11-18H,4-10H2,1-3H3/p+1. The van der Waals surface area contributed by atoms with Crippen LogP contribution in [0.5, 0.6) is 11.5 Å².